The molecular formula is C16H23IN4S. The maximum absolute atomic E-state index is 5.94. The first kappa shape index (κ1) is 18.9. The number of nitrogens with one attached hydrogen (secondary N) is 1. The summed E-state index contributed by atoms with van der Waals surface area (Å²) in [6.07, 6.45) is 0.882. The zero-order valence-corrected chi connectivity index (χ0v) is 16.6. The molecule has 0 atom stereocenters. The molecule has 0 aliphatic rings. The van der Waals surface area contributed by atoms with Crippen LogP contribution < -0.4 is 11.1 Å². The van der Waals surface area contributed by atoms with Crippen LogP contribution in [0, 0.1) is 27.7 Å². The van der Waals surface area contributed by atoms with Gasteiger partial charge in [0, 0.05) is 23.5 Å². The van der Waals surface area contributed by atoms with E-state index in [9.17, 15) is 0 Å². The third-order valence-corrected chi connectivity index (χ3v) is 4.25. The molecule has 0 aliphatic heterocycles. The lowest BCUT2D eigenvalue weighted by Crippen LogP contribution is -2.23. The minimum atomic E-state index is 0. The van der Waals surface area contributed by atoms with Gasteiger partial charge in [0.05, 0.1) is 10.7 Å². The van der Waals surface area contributed by atoms with Crippen molar-refractivity contribution in [1.82, 2.24) is 4.98 Å². The molecule has 0 saturated carbocycles. The van der Waals surface area contributed by atoms with Crippen LogP contribution in [0.2, 0.25) is 0 Å². The Labute approximate surface area is 153 Å². The molecule has 0 fully saturated rings. The first-order chi connectivity index (χ1) is 9.94. The molecule has 1 heterocycles. The lowest BCUT2D eigenvalue weighted by atomic mass is 10.1. The Hall–Kier alpha value is -1.15. The summed E-state index contributed by atoms with van der Waals surface area (Å²) in [4.78, 5) is 10.1. The molecule has 2 aromatic rings. The Morgan fingerprint density at radius 1 is 1.18 bits per heavy atom. The number of hydrogen-bond donors (Lipinski definition) is 2. The van der Waals surface area contributed by atoms with Crippen LogP contribution in [0.4, 0.5) is 5.69 Å². The van der Waals surface area contributed by atoms with Gasteiger partial charge in [0.1, 0.15) is 0 Å². The second-order valence-electron chi connectivity index (χ2n) is 5.26. The molecule has 2 rings (SSSR count). The minimum Gasteiger partial charge on any atom is -0.370 e. The maximum atomic E-state index is 5.94. The van der Waals surface area contributed by atoms with Crippen molar-refractivity contribution in [2.75, 3.05) is 11.9 Å². The van der Waals surface area contributed by atoms with Crippen LogP contribution in [-0.2, 0) is 6.42 Å². The number of rotatable bonds is 4. The van der Waals surface area contributed by atoms with Gasteiger partial charge >= 0.3 is 0 Å². The summed E-state index contributed by atoms with van der Waals surface area (Å²) < 4.78 is 0. The van der Waals surface area contributed by atoms with E-state index in [4.69, 9.17) is 5.73 Å². The predicted molar refractivity (Wildman–Crippen MR) is 107 cm³/mol. The number of thiazole rings is 1. The summed E-state index contributed by atoms with van der Waals surface area (Å²) in [6, 6.07) is 6.26. The predicted octanol–water partition coefficient (Wildman–Crippen LogP) is 3.96. The van der Waals surface area contributed by atoms with E-state index in [1.165, 1.54) is 16.0 Å². The molecule has 120 valence electrons. The largest absolute Gasteiger partial charge is 0.370 e. The molecule has 0 bridgehead atoms. The third kappa shape index (κ3) is 5.57. The van der Waals surface area contributed by atoms with E-state index < -0.39 is 0 Å². The lowest BCUT2D eigenvalue weighted by Gasteiger charge is -2.08. The molecule has 0 spiro atoms. The maximum Gasteiger partial charge on any atom is 0.193 e. The van der Waals surface area contributed by atoms with Crippen LogP contribution in [-0.4, -0.2) is 17.5 Å². The van der Waals surface area contributed by atoms with Crippen molar-refractivity contribution in [2.45, 2.75) is 34.1 Å². The van der Waals surface area contributed by atoms with Crippen molar-refractivity contribution in [2.24, 2.45) is 10.7 Å². The number of halogens is 1. The van der Waals surface area contributed by atoms with Crippen molar-refractivity contribution < 1.29 is 0 Å². The van der Waals surface area contributed by atoms with E-state index in [1.54, 1.807) is 11.3 Å². The second-order valence-corrected chi connectivity index (χ2v) is 6.55. The normalized spacial score (nSPS) is 11.2. The van der Waals surface area contributed by atoms with Gasteiger partial charge in [0.15, 0.2) is 5.96 Å². The van der Waals surface area contributed by atoms with E-state index in [2.05, 4.69) is 47.3 Å². The average molecular weight is 430 g/mol. The number of benzene rings is 1. The first-order valence-corrected chi connectivity index (χ1v) is 7.84. The van der Waals surface area contributed by atoms with Crippen LogP contribution in [0.25, 0.3) is 0 Å². The van der Waals surface area contributed by atoms with Crippen molar-refractivity contribution in [3.05, 3.63) is 44.9 Å². The smallest absolute Gasteiger partial charge is 0.193 e. The Balaban J connectivity index is 0.00000242. The molecule has 0 radical (unpaired) electrons. The van der Waals surface area contributed by atoms with Gasteiger partial charge in [0.2, 0.25) is 0 Å². The topological polar surface area (TPSA) is 63.3 Å². The van der Waals surface area contributed by atoms with Gasteiger partial charge in [-0.1, -0.05) is 6.07 Å². The molecule has 0 aliphatic carbocycles. The fraction of sp³-hybridized carbons (Fsp3) is 0.375. The summed E-state index contributed by atoms with van der Waals surface area (Å²) in [5.41, 5.74) is 10.4. The van der Waals surface area contributed by atoms with Crippen molar-refractivity contribution in [3.8, 4) is 0 Å². The van der Waals surface area contributed by atoms with Gasteiger partial charge in [-0.2, -0.15) is 0 Å². The summed E-state index contributed by atoms with van der Waals surface area (Å²) in [5, 5.41) is 4.25. The van der Waals surface area contributed by atoms with Crippen LogP contribution in [0.15, 0.2) is 23.2 Å². The van der Waals surface area contributed by atoms with Gasteiger partial charge in [-0.05, 0) is 51.0 Å². The Bertz CT molecular complexity index is 644. The zero-order chi connectivity index (χ0) is 15.4. The minimum absolute atomic E-state index is 0. The van der Waals surface area contributed by atoms with Gasteiger partial charge in [-0.15, -0.1) is 35.3 Å². The number of guanidine groups is 1. The van der Waals surface area contributed by atoms with Crippen LogP contribution in [0.5, 0.6) is 0 Å². The van der Waals surface area contributed by atoms with E-state index in [0.717, 1.165) is 22.8 Å². The Morgan fingerprint density at radius 3 is 2.36 bits per heavy atom. The van der Waals surface area contributed by atoms with Crippen LogP contribution in [0.1, 0.15) is 26.7 Å². The van der Waals surface area contributed by atoms with Crippen molar-refractivity contribution in [3.63, 3.8) is 0 Å². The molecular weight excluding hydrogens is 407 g/mol. The summed E-state index contributed by atoms with van der Waals surface area (Å²) >= 11 is 1.73. The van der Waals surface area contributed by atoms with Crippen LogP contribution >= 0.6 is 35.3 Å². The second kappa shape index (κ2) is 8.47. The van der Waals surface area contributed by atoms with Gasteiger partial charge < -0.3 is 11.1 Å². The molecule has 1 aromatic heterocycles. The molecule has 0 unspecified atom stereocenters. The molecule has 22 heavy (non-hydrogen) atoms. The summed E-state index contributed by atoms with van der Waals surface area (Å²) in [5.74, 6) is 0.457. The van der Waals surface area contributed by atoms with Crippen LogP contribution in [0.3, 0.4) is 0 Å². The highest BCUT2D eigenvalue weighted by Gasteiger charge is 2.04. The van der Waals surface area contributed by atoms with E-state index in [-0.39, 0.29) is 24.0 Å². The fourth-order valence-electron chi connectivity index (χ4n) is 2.32. The van der Waals surface area contributed by atoms with Gasteiger partial charge in [-0.3, -0.25) is 4.99 Å². The monoisotopic (exact) mass is 430 g/mol. The van der Waals surface area contributed by atoms with Crippen molar-refractivity contribution >= 4 is 47.0 Å². The number of hydrogen-bond acceptors (Lipinski definition) is 3. The molecule has 1 aromatic carbocycles. The number of nitrogens with two attached hydrogens (primary N) is 1. The molecule has 3 N–H and O–H groups in total. The quantitative estimate of drug-likeness (QED) is 0.439. The Kier molecular flexibility index (Phi) is 7.28. The van der Waals surface area contributed by atoms with E-state index in [1.807, 2.05) is 13.8 Å². The molecule has 0 amide bonds. The molecule has 6 heteroatoms. The highest BCUT2D eigenvalue weighted by atomic mass is 127. The third-order valence-electron chi connectivity index (χ3n) is 3.11. The standard InChI is InChI=1S/C16H22N4S.HI/c1-10-7-11(2)9-14(8-10)20-16(17)18-6-5-15-12(3)19-13(4)21-15;/h7-9H,5-6H2,1-4H3,(H3,17,18,20);1H. The van der Waals surface area contributed by atoms with Gasteiger partial charge in [0.25, 0.3) is 0 Å². The number of anilines is 1. The molecule has 4 nitrogen and oxygen atoms in total. The van der Waals surface area contributed by atoms with E-state index >= 15 is 0 Å². The summed E-state index contributed by atoms with van der Waals surface area (Å²) in [7, 11) is 0. The first-order valence-electron chi connectivity index (χ1n) is 7.02. The number of aryl methyl sites for hydroxylation is 4. The SMILES string of the molecule is Cc1cc(C)cc(NC(N)=NCCc2sc(C)nc2C)c1.I. The van der Waals surface area contributed by atoms with Gasteiger partial charge in [-0.25, -0.2) is 4.98 Å². The molecule has 0 saturated heterocycles. The van der Waals surface area contributed by atoms with E-state index in [0.29, 0.717) is 12.5 Å². The summed E-state index contributed by atoms with van der Waals surface area (Å²) in [6.45, 7) is 8.88. The fourth-order valence-corrected chi connectivity index (χ4v) is 3.24. The number of aromatic nitrogens is 1. The highest BCUT2D eigenvalue weighted by molar-refractivity contribution is 14.0. The number of nitrogens with zero attached hydrogens (tertiary/aromatic N) is 2. The van der Waals surface area contributed by atoms with Crippen molar-refractivity contribution in [1.29, 1.82) is 0 Å². The Morgan fingerprint density at radius 2 is 1.82 bits per heavy atom. The zero-order valence-electron chi connectivity index (χ0n) is 13.4. The lowest BCUT2D eigenvalue weighted by molar-refractivity contribution is 0.965. The average Bonchev–Trinajstić information content (AvgIpc) is 2.66. The highest BCUT2D eigenvalue weighted by Crippen LogP contribution is 2.17. The number of aliphatic imine (C=N–C) groups is 1.